The molecule has 0 unspecified atom stereocenters. The van der Waals surface area contributed by atoms with Crippen LogP contribution < -0.4 is 33.2 Å². The Morgan fingerprint density at radius 2 is 1.10 bits per heavy atom. The Bertz CT molecular complexity index is 2080. The Kier molecular flexibility index (Phi) is 16.8. The molecule has 0 aliphatic carbocycles. The number of carbonyl (C=O) groups excluding carboxylic acids is 3. The van der Waals surface area contributed by atoms with Crippen molar-refractivity contribution in [3.8, 4) is 0 Å². The summed E-state index contributed by atoms with van der Waals surface area (Å²) >= 11 is 0. The van der Waals surface area contributed by atoms with E-state index in [4.69, 9.17) is 41.3 Å². The first-order valence-corrected chi connectivity index (χ1v) is 19.5. The van der Waals surface area contributed by atoms with Crippen molar-refractivity contribution in [3.63, 3.8) is 0 Å². The Balaban J connectivity index is 0.000000222. The minimum atomic E-state index is -1.21. The van der Waals surface area contributed by atoms with Crippen LogP contribution in [0.3, 0.4) is 0 Å². The van der Waals surface area contributed by atoms with E-state index in [1.165, 1.54) is 18.0 Å². The van der Waals surface area contributed by atoms with Crippen LogP contribution >= 0.6 is 0 Å². The summed E-state index contributed by atoms with van der Waals surface area (Å²) in [5.41, 5.74) is 21.0. The Hall–Kier alpha value is -6.42. The highest BCUT2D eigenvalue weighted by Gasteiger charge is 2.22. The molecule has 2 aromatic carbocycles. The van der Waals surface area contributed by atoms with Gasteiger partial charge in [-0.2, -0.15) is 10.2 Å². The SMILES string of the molecule is CC(C)(C)OC(=O)Nc1cn[nH]c1C(=O)Nc1ccc(CN2CCOCC2)cc1N.CC(C)(C)OC(=O)Nc1cn[nH]c1C(=O)O.Nc1ccc(CN2CCOCC2)cc1N. The lowest BCUT2D eigenvalue weighted by Crippen LogP contribution is -2.35. The number of carbonyl (C=O) groups is 4. The van der Waals surface area contributed by atoms with Crippen molar-refractivity contribution in [3.05, 3.63) is 71.3 Å². The van der Waals surface area contributed by atoms with Gasteiger partial charge in [0.2, 0.25) is 0 Å². The van der Waals surface area contributed by atoms with E-state index in [1.807, 2.05) is 30.3 Å². The molecular weight excluding hydrogens is 793 g/mol. The summed E-state index contributed by atoms with van der Waals surface area (Å²) in [6.07, 6.45) is 1.14. The minimum Gasteiger partial charge on any atom is -0.476 e. The molecule has 0 radical (unpaired) electrons. The number of carboxylic acid groups (broad SMARTS) is 1. The molecule has 0 atom stereocenters. The molecule has 2 aliphatic heterocycles. The summed E-state index contributed by atoms with van der Waals surface area (Å²) < 4.78 is 20.8. The van der Waals surface area contributed by atoms with Crippen LogP contribution in [0.5, 0.6) is 0 Å². The molecule has 2 saturated heterocycles. The third kappa shape index (κ3) is 16.3. The molecule has 2 aliphatic rings. The maximum absolute atomic E-state index is 12.7. The Morgan fingerprint density at radius 3 is 1.54 bits per heavy atom. The molecule has 332 valence electrons. The van der Waals surface area contributed by atoms with Crippen LogP contribution in [0.2, 0.25) is 0 Å². The van der Waals surface area contributed by atoms with Gasteiger partial charge in [-0.1, -0.05) is 12.1 Å². The maximum atomic E-state index is 12.7. The minimum absolute atomic E-state index is 0.0711. The van der Waals surface area contributed by atoms with Crippen LogP contribution in [0.15, 0.2) is 48.8 Å². The lowest BCUT2D eigenvalue weighted by Gasteiger charge is -2.26. The summed E-state index contributed by atoms with van der Waals surface area (Å²) in [6, 6.07) is 11.4. The second kappa shape index (κ2) is 21.7. The topological polar surface area (TPSA) is 303 Å². The van der Waals surface area contributed by atoms with Gasteiger partial charge in [0.1, 0.15) is 16.9 Å². The summed E-state index contributed by atoms with van der Waals surface area (Å²) in [6.45, 7) is 18.9. The van der Waals surface area contributed by atoms with Crippen molar-refractivity contribution in [1.29, 1.82) is 0 Å². The lowest BCUT2D eigenvalue weighted by atomic mass is 10.1. The smallest absolute Gasteiger partial charge is 0.412 e. The summed E-state index contributed by atoms with van der Waals surface area (Å²) in [5, 5.41) is 28.5. The molecule has 4 heterocycles. The van der Waals surface area contributed by atoms with Crippen molar-refractivity contribution in [2.75, 3.05) is 85.8 Å². The maximum Gasteiger partial charge on any atom is 0.412 e. The number of morpholine rings is 2. The summed E-state index contributed by atoms with van der Waals surface area (Å²) in [7, 11) is 0. The zero-order valence-corrected chi connectivity index (χ0v) is 35.4. The Morgan fingerprint density at radius 1 is 0.656 bits per heavy atom. The molecule has 0 bridgehead atoms. The van der Waals surface area contributed by atoms with Crippen LogP contribution in [0, 0.1) is 0 Å². The van der Waals surface area contributed by atoms with Crippen molar-refractivity contribution in [1.82, 2.24) is 30.2 Å². The quantitative estimate of drug-likeness (QED) is 0.104. The zero-order valence-electron chi connectivity index (χ0n) is 35.4. The highest BCUT2D eigenvalue weighted by atomic mass is 16.6. The number of nitrogens with two attached hydrogens (primary N) is 3. The van der Waals surface area contributed by atoms with E-state index in [9.17, 15) is 19.2 Å². The molecule has 61 heavy (non-hydrogen) atoms. The molecule has 2 fully saturated rings. The second-order valence-electron chi connectivity index (χ2n) is 16.0. The van der Waals surface area contributed by atoms with Crippen molar-refractivity contribution < 1.29 is 43.2 Å². The molecule has 2 aromatic heterocycles. The lowest BCUT2D eigenvalue weighted by molar-refractivity contribution is 0.0341. The average molecular weight is 851 g/mol. The predicted molar refractivity (Wildman–Crippen MR) is 230 cm³/mol. The van der Waals surface area contributed by atoms with Crippen LogP contribution in [0.4, 0.5) is 43.7 Å². The van der Waals surface area contributed by atoms with Gasteiger partial charge in [-0.05, 0) is 76.9 Å². The molecular formula is C40H58N12O9. The molecule has 12 N–H and O–H groups in total. The van der Waals surface area contributed by atoms with Gasteiger partial charge in [0, 0.05) is 39.3 Å². The number of hydrogen-bond acceptors (Lipinski definition) is 15. The number of H-pyrrole nitrogens is 2. The van der Waals surface area contributed by atoms with Gasteiger partial charge in [0.25, 0.3) is 5.91 Å². The largest absolute Gasteiger partial charge is 0.476 e. The molecule has 4 aromatic rings. The van der Waals surface area contributed by atoms with Crippen molar-refractivity contribution in [2.45, 2.75) is 65.8 Å². The molecule has 6 rings (SSSR count). The average Bonchev–Trinajstić information content (AvgIpc) is 3.84. The number of amides is 3. The summed E-state index contributed by atoms with van der Waals surface area (Å²) in [5.74, 6) is -1.69. The van der Waals surface area contributed by atoms with Gasteiger partial charge in [0.05, 0.1) is 72.9 Å². The number of ether oxygens (including phenoxy) is 4. The van der Waals surface area contributed by atoms with Crippen molar-refractivity contribution >= 4 is 58.2 Å². The zero-order chi connectivity index (χ0) is 44.7. The molecule has 21 heteroatoms. The van der Waals surface area contributed by atoms with Gasteiger partial charge in [-0.3, -0.25) is 35.4 Å². The monoisotopic (exact) mass is 850 g/mol. The van der Waals surface area contributed by atoms with E-state index < -0.39 is 35.3 Å². The van der Waals surface area contributed by atoms with Crippen LogP contribution in [-0.4, -0.2) is 123 Å². The number of anilines is 6. The van der Waals surface area contributed by atoms with E-state index in [1.54, 1.807) is 47.6 Å². The van der Waals surface area contributed by atoms with Gasteiger partial charge in [-0.15, -0.1) is 0 Å². The second-order valence-corrected chi connectivity index (χ2v) is 16.0. The first kappa shape index (κ1) is 47.3. The molecule has 0 saturated carbocycles. The third-order valence-corrected chi connectivity index (χ3v) is 8.53. The highest BCUT2D eigenvalue weighted by molar-refractivity contribution is 6.09. The fraction of sp³-hybridized carbons (Fsp3) is 0.450. The van der Waals surface area contributed by atoms with Gasteiger partial charge >= 0.3 is 18.2 Å². The fourth-order valence-corrected chi connectivity index (χ4v) is 5.69. The number of carboxylic acids is 1. The first-order chi connectivity index (χ1) is 28.8. The van der Waals surface area contributed by atoms with E-state index >= 15 is 0 Å². The number of nitrogens with one attached hydrogen (secondary N) is 5. The normalized spacial score (nSPS) is 14.6. The Labute approximate surface area is 354 Å². The van der Waals surface area contributed by atoms with Gasteiger partial charge < -0.3 is 46.6 Å². The number of benzene rings is 2. The molecule has 3 amide bonds. The first-order valence-electron chi connectivity index (χ1n) is 19.5. The predicted octanol–water partition coefficient (Wildman–Crippen LogP) is 4.56. The number of aromatic nitrogens is 4. The van der Waals surface area contributed by atoms with E-state index in [2.05, 4.69) is 46.1 Å². The van der Waals surface area contributed by atoms with Crippen molar-refractivity contribution in [2.24, 2.45) is 0 Å². The number of hydrogen-bond donors (Lipinski definition) is 9. The van der Waals surface area contributed by atoms with Crippen LogP contribution in [-0.2, 0) is 32.0 Å². The molecule has 21 nitrogen and oxygen atoms in total. The molecule has 0 spiro atoms. The van der Waals surface area contributed by atoms with Gasteiger partial charge in [-0.25, -0.2) is 14.4 Å². The fourth-order valence-electron chi connectivity index (χ4n) is 5.69. The number of nitrogens with zero attached hydrogens (tertiary/aromatic N) is 4. The summed E-state index contributed by atoms with van der Waals surface area (Å²) in [4.78, 5) is 51.3. The van der Waals surface area contributed by atoms with Gasteiger partial charge in [0.15, 0.2) is 5.69 Å². The number of nitrogen functional groups attached to an aromatic ring is 3. The highest BCUT2D eigenvalue weighted by Crippen LogP contribution is 2.24. The van der Waals surface area contributed by atoms with E-state index in [0.717, 1.165) is 71.3 Å². The third-order valence-electron chi connectivity index (χ3n) is 8.53. The standard InChI is InChI=1S/C20H28N6O4.C11H17N3O.C9H13N3O4/c1-20(2,3)30-19(28)24-16-11-22-25-17(16)18(27)23-15-5-4-13(10-14(15)21)12-26-6-8-29-9-7-26;12-10-2-1-9(7-11(10)13)8-14-3-5-15-6-4-14;1-9(2,3)16-8(15)11-5-4-10-12-6(5)7(13)14/h4-5,10-11H,6-9,12,21H2,1-3H3,(H,22,25)(H,23,27)(H,24,28);1-2,7H,3-6,8,12-13H2;4H,1-3H3,(H,10,12)(H,11,15)(H,13,14). The van der Waals surface area contributed by atoms with Crippen LogP contribution in [0.25, 0.3) is 0 Å². The number of aromatic carboxylic acids is 1. The van der Waals surface area contributed by atoms with E-state index in [-0.39, 0.29) is 22.8 Å². The van der Waals surface area contributed by atoms with E-state index in [0.29, 0.717) is 22.7 Å². The number of aromatic amines is 2. The van der Waals surface area contributed by atoms with Crippen LogP contribution in [0.1, 0.15) is 73.6 Å². The number of rotatable bonds is 9.